The fourth-order valence-electron chi connectivity index (χ4n) is 1.32. The minimum atomic E-state index is 0.529. The molecular weight excluding hydrogens is 166 g/mol. The lowest BCUT2D eigenvalue weighted by Gasteiger charge is -1.98. The molecule has 2 rings (SSSR count). The van der Waals surface area contributed by atoms with E-state index in [0.717, 1.165) is 0 Å². The lowest BCUT2D eigenvalue weighted by molar-refractivity contribution is 0.850. The Bertz CT molecular complexity index is 389. The average molecular weight is 177 g/mol. The summed E-state index contributed by atoms with van der Waals surface area (Å²) in [6.45, 7) is 4.36. The van der Waals surface area contributed by atoms with Gasteiger partial charge in [0.25, 0.3) is 0 Å². The third-order valence-electron chi connectivity index (χ3n) is 1.95. The first kappa shape index (κ1) is 7.74. The Balaban J connectivity index is 2.70. The molecule has 0 spiro atoms. The second kappa shape index (κ2) is 2.87. The smallest absolute Gasteiger partial charge is 0.0646 e. The molecule has 0 amide bonds. The molecule has 2 aromatic rings. The van der Waals surface area contributed by atoms with Crippen LogP contribution in [-0.4, -0.2) is 4.37 Å². The summed E-state index contributed by atoms with van der Waals surface area (Å²) in [6.07, 6.45) is 0. The molecule has 2 heteroatoms. The van der Waals surface area contributed by atoms with Crippen molar-refractivity contribution in [1.82, 2.24) is 4.37 Å². The van der Waals surface area contributed by atoms with E-state index in [1.54, 1.807) is 11.5 Å². The minimum Gasteiger partial charge on any atom is -0.196 e. The van der Waals surface area contributed by atoms with Crippen molar-refractivity contribution in [2.45, 2.75) is 19.8 Å². The van der Waals surface area contributed by atoms with Gasteiger partial charge in [-0.2, -0.15) is 4.37 Å². The van der Waals surface area contributed by atoms with Crippen molar-refractivity contribution in [2.24, 2.45) is 0 Å². The van der Waals surface area contributed by atoms with Crippen molar-refractivity contribution in [2.75, 3.05) is 0 Å². The SMILES string of the molecule is CC(C)c1nsc2ccccc12. The predicted molar refractivity (Wildman–Crippen MR) is 53.7 cm³/mol. The highest BCUT2D eigenvalue weighted by Gasteiger charge is 2.07. The topological polar surface area (TPSA) is 12.9 Å². The van der Waals surface area contributed by atoms with Gasteiger partial charge in [-0.25, -0.2) is 0 Å². The first-order chi connectivity index (χ1) is 5.79. The van der Waals surface area contributed by atoms with Gasteiger partial charge >= 0.3 is 0 Å². The van der Waals surface area contributed by atoms with Crippen LogP contribution < -0.4 is 0 Å². The molecule has 0 atom stereocenters. The van der Waals surface area contributed by atoms with E-state index in [9.17, 15) is 0 Å². The molecule has 0 aliphatic rings. The molecule has 0 bridgehead atoms. The molecule has 1 aromatic heterocycles. The van der Waals surface area contributed by atoms with Gasteiger partial charge in [0.1, 0.15) is 0 Å². The van der Waals surface area contributed by atoms with Crippen LogP contribution in [0.1, 0.15) is 25.5 Å². The molecule has 1 aromatic carbocycles. The largest absolute Gasteiger partial charge is 0.196 e. The Morgan fingerprint density at radius 1 is 1.25 bits per heavy atom. The zero-order valence-corrected chi connectivity index (χ0v) is 8.06. The van der Waals surface area contributed by atoms with Crippen LogP contribution in [0.2, 0.25) is 0 Å². The van der Waals surface area contributed by atoms with Crippen LogP contribution in [0.5, 0.6) is 0 Å². The third-order valence-corrected chi connectivity index (χ3v) is 2.79. The summed E-state index contributed by atoms with van der Waals surface area (Å²) in [5.74, 6) is 0.529. The highest BCUT2D eigenvalue weighted by atomic mass is 32.1. The van der Waals surface area contributed by atoms with Crippen LogP contribution in [-0.2, 0) is 0 Å². The number of benzene rings is 1. The van der Waals surface area contributed by atoms with E-state index in [1.807, 2.05) is 0 Å². The van der Waals surface area contributed by atoms with Gasteiger partial charge in [0.2, 0.25) is 0 Å². The van der Waals surface area contributed by atoms with E-state index in [4.69, 9.17) is 0 Å². The number of aromatic nitrogens is 1. The fraction of sp³-hybridized carbons (Fsp3) is 0.300. The Morgan fingerprint density at radius 2 is 2.00 bits per heavy atom. The van der Waals surface area contributed by atoms with Crippen molar-refractivity contribution in [3.05, 3.63) is 30.0 Å². The average Bonchev–Trinajstić information content (AvgIpc) is 2.47. The molecule has 1 heterocycles. The summed E-state index contributed by atoms with van der Waals surface area (Å²) in [6, 6.07) is 8.40. The Kier molecular flexibility index (Phi) is 1.85. The van der Waals surface area contributed by atoms with Crippen molar-refractivity contribution in [3.8, 4) is 0 Å². The minimum absolute atomic E-state index is 0.529. The molecule has 0 radical (unpaired) electrons. The van der Waals surface area contributed by atoms with Gasteiger partial charge in [0.05, 0.1) is 10.4 Å². The molecule has 12 heavy (non-hydrogen) atoms. The van der Waals surface area contributed by atoms with Gasteiger partial charge < -0.3 is 0 Å². The maximum Gasteiger partial charge on any atom is 0.0646 e. The van der Waals surface area contributed by atoms with Crippen LogP contribution in [0.25, 0.3) is 10.1 Å². The Morgan fingerprint density at radius 3 is 2.75 bits per heavy atom. The van der Waals surface area contributed by atoms with E-state index in [2.05, 4.69) is 42.5 Å². The fourth-order valence-corrected chi connectivity index (χ4v) is 2.24. The Labute approximate surface area is 76.2 Å². The van der Waals surface area contributed by atoms with Crippen LogP contribution in [0.3, 0.4) is 0 Å². The number of hydrogen-bond donors (Lipinski definition) is 0. The van der Waals surface area contributed by atoms with Gasteiger partial charge in [-0.05, 0) is 23.5 Å². The molecule has 62 valence electrons. The zero-order valence-electron chi connectivity index (χ0n) is 7.24. The van der Waals surface area contributed by atoms with E-state index in [1.165, 1.54) is 15.8 Å². The molecule has 0 unspecified atom stereocenters. The summed E-state index contributed by atoms with van der Waals surface area (Å²) in [5, 5.41) is 1.32. The molecule has 0 fully saturated rings. The van der Waals surface area contributed by atoms with Gasteiger partial charge in [-0.3, -0.25) is 0 Å². The first-order valence-electron chi connectivity index (χ1n) is 4.13. The van der Waals surface area contributed by atoms with E-state index in [0.29, 0.717) is 5.92 Å². The lowest BCUT2D eigenvalue weighted by atomic mass is 10.1. The maximum absolute atomic E-state index is 4.44. The Hall–Kier alpha value is -0.890. The maximum atomic E-state index is 4.44. The van der Waals surface area contributed by atoms with Crippen LogP contribution >= 0.6 is 11.5 Å². The van der Waals surface area contributed by atoms with Gasteiger partial charge in [-0.15, -0.1) is 0 Å². The van der Waals surface area contributed by atoms with E-state index >= 15 is 0 Å². The normalized spacial score (nSPS) is 11.2. The zero-order chi connectivity index (χ0) is 8.55. The molecular formula is C10H11NS. The highest BCUT2D eigenvalue weighted by molar-refractivity contribution is 7.13. The second-order valence-corrected chi connectivity index (χ2v) is 4.02. The van der Waals surface area contributed by atoms with Gasteiger partial charge in [0.15, 0.2) is 0 Å². The van der Waals surface area contributed by atoms with Crippen LogP contribution in [0, 0.1) is 0 Å². The monoisotopic (exact) mass is 177 g/mol. The van der Waals surface area contributed by atoms with E-state index < -0.39 is 0 Å². The first-order valence-corrected chi connectivity index (χ1v) is 4.90. The van der Waals surface area contributed by atoms with E-state index in [-0.39, 0.29) is 0 Å². The summed E-state index contributed by atoms with van der Waals surface area (Å²) in [7, 11) is 0. The number of hydrogen-bond acceptors (Lipinski definition) is 2. The van der Waals surface area contributed by atoms with Crippen LogP contribution in [0.15, 0.2) is 24.3 Å². The van der Waals surface area contributed by atoms with Gasteiger partial charge in [0, 0.05) is 5.39 Å². The predicted octanol–water partition coefficient (Wildman–Crippen LogP) is 3.42. The second-order valence-electron chi connectivity index (χ2n) is 3.22. The third kappa shape index (κ3) is 1.12. The van der Waals surface area contributed by atoms with Crippen LogP contribution in [0.4, 0.5) is 0 Å². The summed E-state index contributed by atoms with van der Waals surface area (Å²) < 4.78 is 5.73. The number of fused-ring (bicyclic) bond motifs is 1. The molecule has 0 N–H and O–H groups in total. The molecule has 1 nitrogen and oxygen atoms in total. The lowest BCUT2D eigenvalue weighted by Crippen LogP contribution is -1.85. The standard InChI is InChI=1S/C10H11NS/c1-7(2)10-8-5-3-4-6-9(8)12-11-10/h3-7H,1-2H3. The summed E-state index contributed by atoms with van der Waals surface area (Å²) in [5.41, 5.74) is 1.23. The highest BCUT2D eigenvalue weighted by Crippen LogP contribution is 2.27. The van der Waals surface area contributed by atoms with Gasteiger partial charge in [-0.1, -0.05) is 32.0 Å². The summed E-state index contributed by atoms with van der Waals surface area (Å²) in [4.78, 5) is 0. The molecule has 0 saturated carbocycles. The number of nitrogens with zero attached hydrogens (tertiary/aromatic N) is 1. The van der Waals surface area contributed by atoms with Crippen molar-refractivity contribution < 1.29 is 0 Å². The van der Waals surface area contributed by atoms with Crippen molar-refractivity contribution in [3.63, 3.8) is 0 Å². The molecule has 0 aliphatic carbocycles. The van der Waals surface area contributed by atoms with Crippen molar-refractivity contribution in [1.29, 1.82) is 0 Å². The summed E-state index contributed by atoms with van der Waals surface area (Å²) >= 11 is 1.59. The molecule has 0 aliphatic heterocycles. The quantitative estimate of drug-likeness (QED) is 0.650. The molecule has 0 saturated heterocycles. The number of rotatable bonds is 1. The van der Waals surface area contributed by atoms with Crippen molar-refractivity contribution >= 4 is 21.6 Å².